The largest absolute Gasteiger partial charge is 0.497 e. The summed E-state index contributed by atoms with van der Waals surface area (Å²) in [6.45, 7) is 1.39. The zero-order chi connectivity index (χ0) is 15.8. The van der Waals surface area contributed by atoms with Gasteiger partial charge in [-0.15, -0.1) is 0 Å². The number of hydrogen-bond acceptors (Lipinski definition) is 5. The quantitative estimate of drug-likeness (QED) is 0.777. The van der Waals surface area contributed by atoms with Gasteiger partial charge in [-0.2, -0.15) is 0 Å². The molecule has 21 heavy (non-hydrogen) atoms. The number of nitrogens with one attached hydrogen (secondary N) is 2. The predicted molar refractivity (Wildman–Crippen MR) is 74.9 cm³/mol. The lowest BCUT2D eigenvalue weighted by Gasteiger charge is -2.12. The maximum Gasteiger partial charge on any atom is 0.321 e. The molecule has 0 aromatic heterocycles. The number of carbonyl (C=O) groups excluding carboxylic acids is 3. The van der Waals surface area contributed by atoms with E-state index in [4.69, 9.17) is 9.47 Å². The summed E-state index contributed by atoms with van der Waals surface area (Å²) >= 11 is 0. The van der Waals surface area contributed by atoms with Crippen LogP contribution in [0, 0.1) is 0 Å². The van der Waals surface area contributed by atoms with Gasteiger partial charge >= 0.3 is 12.0 Å². The Hall–Kier alpha value is -2.57. The molecule has 0 aliphatic heterocycles. The Balaban J connectivity index is 2.48. The van der Waals surface area contributed by atoms with Crippen molar-refractivity contribution in [2.75, 3.05) is 14.2 Å². The van der Waals surface area contributed by atoms with Crippen molar-refractivity contribution in [1.29, 1.82) is 0 Å². The van der Waals surface area contributed by atoms with E-state index in [0.717, 1.165) is 5.56 Å². The normalized spacial score (nSPS) is 11.2. The summed E-state index contributed by atoms with van der Waals surface area (Å²) in [6.07, 6.45) is -1.02. The van der Waals surface area contributed by atoms with Crippen LogP contribution in [0.4, 0.5) is 4.79 Å². The molecule has 114 valence electrons. The number of benzene rings is 1. The molecule has 0 unspecified atom stereocenters. The van der Waals surface area contributed by atoms with Gasteiger partial charge in [0.1, 0.15) is 5.75 Å². The fraction of sp³-hybridized carbons (Fsp3) is 0.357. The van der Waals surface area contributed by atoms with E-state index in [1.807, 2.05) is 5.32 Å². The smallest absolute Gasteiger partial charge is 0.321 e. The third-order valence-electron chi connectivity index (χ3n) is 2.65. The number of urea groups is 1. The Bertz CT molecular complexity index is 513. The zero-order valence-corrected chi connectivity index (χ0v) is 12.1. The fourth-order valence-electron chi connectivity index (χ4n) is 1.48. The fourth-order valence-corrected chi connectivity index (χ4v) is 1.48. The molecule has 0 fully saturated rings. The van der Waals surface area contributed by atoms with E-state index in [1.54, 1.807) is 31.4 Å². The number of amides is 3. The molecule has 0 heterocycles. The third-order valence-corrected chi connectivity index (χ3v) is 2.65. The molecular formula is C14H18N2O5. The molecule has 0 saturated heterocycles. The van der Waals surface area contributed by atoms with Crippen LogP contribution in [0.1, 0.15) is 12.5 Å². The molecule has 0 saturated carbocycles. The van der Waals surface area contributed by atoms with Crippen LogP contribution in [0.5, 0.6) is 5.75 Å². The first-order valence-corrected chi connectivity index (χ1v) is 6.31. The summed E-state index contributed by atoms with van der Waals surface area (Å²) in [6, 6.07) is 6.26. The van der Waals surface area contributed by atoms with Crippen LogP contribution in [0.15, 0.2) is 24.3 Å². The highest BCUT2D eigenvalue weighted by atomic mass is 16.5. The molecule has 0 aliphatic rings. The van der Waals surface area contributed by atoms with E-state index in [2.05, 4.69) is 5.32 Å². The molecule has 0 spiro atoms. The highest BCUT2D eigenvalue weighted by molar-refractivity contribution is 5.97. The van der Waals surface area contributed by atoms with Gasteiger partial charge in [-0.1, -0.05) is 12.1 Å². The molecule has 2 N–H and O–H groups in total. The van der Waals surface area contributed by atoms with Crippen LogP contribution in [0.25, 0.3) is 0 Å². The Labute approximate surface area is 122 Å². The third kappa shape index (κ3) is 5.52. The lowest BCUT2D eigenvalue weighted by Crippen LogP contribution is -2.43. The number of rotatable bonds is 5. The average Bonchev–Trinajstić information content (AvgIpc) is 2.47. The highest BCUT2D eigenvalue weighted by Crippen LogP contribution is 2.12. The van der Waals surface area contributed by atoms with E-state index < -0.39 is 24.0 Å². The van der Waals surface area contributed by atoms with Gasteiger partial charge < -0.3 is 14.8 Å². The van der Waals surface area contributed by atoms with Crippen molar-refractivity contribution in [3.63, 3.8) is 0 Å². The number of imide groups is 1. The first kappa shape index (κ1) is 16.5. The van der Waals surface area contributed by atoms with Crippen molar-refractivity contribution in [3.8, 4) is 5.75 Å². The van der Waals surface area contributed by atoms with Crippen molar-refractivity contribution < 1.29 is 23.9 Å². The van der Waals surface area contributed by atoms with Crippen molar-refractivity contribution in [1.82, 2.24) is 10.6 Å². The Morgan fingerprint density at radius 1 is 1.19 bits per heavy atom. The first-order chi connectivity index (χ1) is 9.96. The van der Waals surface area contributed by atoms with Gasteiger partial charge in [0, 0.05) is 7.05 Å². The molecule has 0 aliphatic carbocycles. The number of carbonyl (C=O) groups is 3. The summed E-state index contributed by atoms with van der Waals surface area (Å²) < 4.78 is 9.97. The maximum absolute atomic E-state index is 11.7. The van der Waals surface area contributed by atoms with E-state index in [-0.39, 0.29) is 6.42 Å². The predicted octanol–water partition coefficient (Wildman–Crippen LogP) is 0.625. The Morgan fingerprint density at radius 2 is 1.81 bits per heavy atom. The molecule has 7 nitrogen and oxygen atoms in total. The van der Waals surface area contributed by atoms with Crippen LogP contribution in [-0.4, -0.2) is 38.2 Å². The van der Waals surface area contributed by atoms with Crippen molar-refractivity contribution in [3.05, 3.63) is 29.8 Å². The second-order valence-electron chi connectivity index (χ2n) is 4.23. The van der Waals surface area contributed by atoms with Crippen molar-refractivity contribution in [2.24, 2.45) is 0 Å². The monoisotopic (exact) mass is 294 g/mol. The van der Waals surface area contributed by atoms with Gasteiger partial charge in [-0.25, -0.2) is 4.79 Å². The molecular weight excluding hydrogens is 276 g/mol. The summed E-state index contributed by atoms with van der Waals surface area (Å²) in [5.74, 6) is -0.553. The Kier molecular flexibility index (Phi) is 6.19. The molecule has 1 aromatic rings. The van der Waals surface area contributed by atoms with E-state index in [0.29, 0.717) is 5.75 Å². The average molecular weight is 294 g/mol. The number of hydrogen-bond donors (Lipinski definition) is 2. The number of methoxy groups -OCH3 is 1. The van der Waals surface area contributed by atoms with Crippen molar-refractivity contribution >= 4 is 17.9 Å². The van der Waals surface area contributed by atoms with Crippen LogP contribution < -0.4 is 15.4 Å². The number of ether oxygens (including phenoxy) is 2. The van der Waals surface area contributed by atoms with Gasteiger partial charge in [0.25, 0.3) is 5.91 Å². The summed E-state index contributed by atoms with van der Waals surface area (Å²) in [7, 11) is 2.93. The SMILES string of the molecule is CNC(=O)NC(=O)[C@@H](C)OC(=O)Cc1ccc(OC)cc1. The van der Waals surface area contributed by atoms with Crippen molar-refractivity contribution in [2.45, 2.75) is 19.4 Å². The minimum Gasteiger partial charge on any atom is -0.497 e. The molecule has 1 atom stereocenters. The van der Waals surface area contributed by atoms with Gasteiger partial charge in [-0.3, -0.25) is 14.9 Å². The highest BCUT2D eigenvalue weighted by Gasteiger charge is 2.19. The van der Waals surface area contributed by atoms with Gasteiger partial charge in [0.2, 0.25) is 0 Å². The molecule has 1 aromatic carbocycles. The van der Waals surface area contributed by atoms with Crippen LogP contribution >= 0.6 is 0 Å². The second kappa shape index (κ2) is 7.88. The zero-order valence-electron chi connectivity index (χ0n) is 12.1. The van der Waals surface area contributed by atoms with E-state index >= 15 is 0 Å². The Morgan fingerprint density at radius 3 is 2.33 bits per heavy atom. The minimum absolute atomic E-state index is 0.0294. The summed E-state index contributed by atoms with van der Waals surface area (Å²) in [5, 5.41) is 4.26. The molecule has 3 amide bonds. The molecule has 0 radical (unpaired) electrons. The maximum atomic E-state index is 11.7. The first-order valence-electron chi connectivity index (χ1n) is 6.31. The second-order valence-corrected chi connectivity index (χ2v) is 4.23. The summed E-state index contributed by atoms with van der Waals surface area (Å²) in [5.41, 5.74) is 0.736. The van der Waals surface area contributed by atoms with Gasteiger partial charge in [0.05, 0.1) is 13.5 Å². The van der Waals surface area contributed by atoms with Gasteiger partial charge in [0.15, 0.2) is 6.10 Å². The number of esters is 1. The molecule has 7 heteroatoms. The molecule has 0 bridgehead atoms. The van der Waals surface area contributed by atoms with Gasteiger partial charge in [-0.05, 0) is 24.6 Å². The van der Waals surface area contributed by atoms with Crippen LogP contribution in [0.3, 0.4) is 0 Å². The van der Waals surface area contributed by atoms with Crippen LogP contribution in [-0.2, 0) is 20.7 Å². The standard InChI is InChI=1S/C14H18N2O5/c1-9(13(18)16-14(19)15-2)21-12(17)8-10-4-6-11(20-3)7-5-10/h4-7,9H,8H2,1-3H3,(H2,15,16,18,19)/t9-/m1/s1. The van der Waals surface area contributed by atoms with Crippen LogP contribution in [0.2, 0.25) is 0 Å². The van der Waals surface area contributed by atoms with E-state index in [1.165, 1.54) is 14.0 Å². The van der Waals surface area contributed by atoms with E-state index in [9.17, 15) is 14.4 Å². The molecule has 1 rings (SSSR count). The lowest BCUT2D eigenvalue weighted by molar-refractivity contribution is -0.153. The summed E-state index contributed by atoms with van der Waals surface area (Å²) in [4.78, 5) is 34.2. The lowest BCUT2D eigenvalue weighted by atomic mass is 10.1. The topological polar surface area (TPSA) is 93.7 Å². The minimum atomic E-state index is -1.05.